The van der Waals surface area contributed by atoms with Crippen LogP contribution in [-0.4, -0.2) is 31.1 Å². The minimum atomic E-state index is -3.75. The quantitative estimate of drug-likeness (QED) is 0.561. The first kappa shape index (κ1) is 13.5. The molecule has 0 atom stereocenters. The second-order valence-corrected chi connectivity index (χ2v) is 5.78. The van der Waals surface area contributed by atoms with E-state index in [1.165, 1.54) is 6.92 Å². The van der Waals surface area contributed by atoms with Gasteiger partial charge in [0.15, 0.2) is 0 Å². The van der Waals surface area contributed by atoms with Crippen LogP contribution in [0.5, 0.6) is 0 Å². The summed E-state index contributed by atoms with van der Waals surface area (Å²) in [7, 11) is -3.75. The molecule has 1 aromatic heterocycles. The van der Waals surface area contributed by atoms with Gasteiger partial charge in [-0.05, 0) is 0 Å². The Balaban J connectivity index is 2.75. The van der Waals surface area contributed by atoms with Crippen molar-refractivity contribution in [2.45, 2.75) is 17.7 Å². The molecule has 0 aromatic carbocycles. The molecule has 0 aliphatic heterocycles. The Morgan fingerprint density at radius 1 is 1.53 bits per heavy atom. The van der Waals surface area contributed by atoms with Gasteiger partial charge >= 0.3 is 0 Å². The molecule has 92 valence electrons. The Morgan fingerprint density at radius 2 is 2.24 bits per heavy atom. The van der Waals surface area contributed by atoms with Crippen molar-refractivity contribution in [1.29, 1.82) is 5.26 Å². The molecule has 10 heteroatoms. The SMILES string of the molecule is CC(=O)Nc1nnc(S(=O)(=O)NCCC#N)s1. The van der Waals surface area contributed by atoms with E-state index in [1.54, 1.807) is 6.07 Å². The Kier molecular flexibility index (Phi) is 4.50. The van der Waals surface area contributed by atoms with Crippen LogP contribution in [-0.2, 0) is 14.8 Å². The summed E-state index contributed by atoms with van der Waals surface area (Å²) in [5.74, 6) is -0.359. The van der Waals surface area contributed by atoms with E-state index in [4.69, 9.17) is 5.26 Å². The average Bonchev–Trinajstić information content (AvgIpc) is 2.66. The molecule has 0 saturated carbocycles. The van der Waals surface area contributed by atoms with Crippen molar-refractivity contribution in [3.8, 4) is 6.07 Å². The summed E-state index contributed by atoms with van der Waals surface area (Å²) in [6.45, 7) is 1.29. The molecule has 0 saturated heterocycles. The number of rotatable bonds is 5. The van der Waals surface area contributed by atoms with Gasteiger partial charge in [-0.15, -0.1) is 10.2 Å². The minimum Gasteiger partial charge on any atom is -0.301 e. The number of aromatic nitrogens is 2. The lowest BCUT2D eigenvalue weighted by molar-refractivity contribution is -0.114. The van der Waals surface area contributed by atoms with Crippen LogP contribution in [0.2, 0.25) is 0 Å². The highest BCUT2D eigenvalue weighted by Gasteiger charge is 2.19. The van der Waals surface area contributed by atoms with Crippen LogP contribution in [0.4, 0.5) is 5.13 Å². The molecule has 17 heavy (non-hydrogen) atoms. The maximum atomic E-state index is 11.6. The maximum absolute atomic E-state index is 11.6. The van der Waals surface area contributed by atoms with Gasteiger partial charge in [0.05, 0.1) is 6.07 Å². The van der Waals surface area contributed by atoms with Crippen LogP contribution in [0.3, 0.4) is 0 Å². The number of hydrogen-bond acceptors (Lipinski definition) is 7. The van der Waals surface area contributed by atoms with Gasteiger partial charge in [-0.3, -0.25) is 4.79 Å². The van der Waals surface area contributed by atoms with Gasteiger partial charge < -0.3 is 5.32 Å². The fourth-order valence-electron chi connectivity index (χ4n) is 0.823. The standard InChI is InChI=1S/C7H9N5O3S2/c1-5(13)10-6-11-12-7(16-6)17(14,15)9-4-2-3-8/h9H,2,4H2,1H3,(H,10,11,13). The number of anilines is 1. The number of nitrogens with one attached hydrogen (secondary N) is 2. The average molecular weight is 275 g/mol. The summed E-state index contributed by atoms with van der Waals surface area (Å²) in [5.41, 5.74) is 0. The van der Waals surface area contributed by atoms with Crippen LogP contribution in [0.25, 0.3) is 0 Å². The molecule has 1 amide bonds. The molecule has 0 aliphatic rings. The van der Waals surface area contributed by atoms with Crippen molar-refractivity contribution in [3.63, 3.8) is 0 Å². The van der Waals surface area contributed by atoms with Crippen LogP contribution < -0.4 is 10.0 Å². The van der Waals surface area contributed by atoms with E-state index in [2.05, 4.69) is 20.2 Å². The minimum absolute atomic E-state index is 0.00782. The number of hydrogen-bond donors (Lipinski definition) is 2. The second kappa shape index (κ2) is 5.67. The highest BCUT2D eigenvalue weighted by Crippen LogP contribution is 2.19. The summed E-state index contributed by atoms with van der Waals surface area (Å²) < 4.78 is 25.1. The monoisotopic (exact) mass is 275 g/mol. The summed E-state index contributed by atoms with van der Waals surface area (Å²) >= 11 is 0.739. The number of amides is 1. The smallest absolute Gasteiger partial charge is 0.269 e. The van der Waals surface area contributed by atoms with Gasteiger partial charge in [0.2, 0.25) is 15.4 Å². The van der Waals surface area contributed by atoms with Gasteiger partial charge in [-0.25, -0.2) is 13.1 Å². The summed E-state index contributed by atoms with van der Waals surface area (Å²) in [6.07, 6.45) is 0.0661. The molecule has 0 radical (unpaired) electrons. The molecule has 8 nitrogen and oxygen atoms in total. The van der Waals surface area contributed by atoms with Crippen molar-refractivity contribution >= 4 is 32.4 Å². The molecule has 0 aliphatic carbocycles. The van der Waals surface area contributed by atoms with Crippen LogP contribution >= 0.6 is 11.3 Å². The zero-order valence-corrected chi connectivity index (χ0v) is 10.4. The van der Waals surface area contributed by atoms with Gasteiger partial charge in [-0.1, -0.05) is 11.3 Å². The largest absolute Gasteiger partial charge is 0.301 e. The van der Waals surface area contributed by atoms with E-state index in [1.807, 2.05) is 0 Å². The molecule has 2 N–H and O–H groups in total. The molecule has 0 unspecified atom stereocenters. The van der Waals surface area contributed by atoms with Gasteiger partial charge in [0.1, 0.15) is 0 Å². The lowest BCUT2D eigenvalue weighted by Crippen LogP contribution is -2.24. The lowest BCUT2D eigenvalue weighted by atomic mass is 10.5. The molecule has 0 bridgehead atoms. The molecule has 1 heterocycles. The van der Waals surface area contributed by atoms with E-state index < -0.39 is 10.0 Å². The first-order valence-electron chi connectivity index (χ1n) is 4.43. The van der Waals surface area contributed by atoms with Crippen LogP contribution in [0, 0.1) is 11.3 Å². The number of nitriles is 1. The van der Waals surface area contributed by atoms with Crippen molar-refractivity contribution < 1.29 is 13.2 Å². The first-order valence-corrected chi connectivity index (χ1v) is 6.73. The number of carbonyl (C=O) groups is 1. The van der Waals surface area contributed by atoms with Gasteiger partial charge in [0.25, 0.3) is 10.0 Å². The number of carbonyl (C=O) groups excluding carboxylic acids is 1. The second-order valence-electron chi connectivity index (χ2n) is 2.86. The predicted octanol–water partition coefficient (Wildman–Crippen LogP) is -0.312. The number of sulfonamides is 1. The molecule has 0 fully saturated rings. The molecular formula is C7H9N5O3S2. The zero-order valence-electron chi connectivity index (χ0n) is 8.80. The highest BCUT2D eigenvalue weighted by molar-refractivity contribution is 7.91. The van der Waals surface area contributed by atoms with Crippen molar-refractivity contribution in [3.05, 3.63) is 0 Å². The maximum Gasteiger partial charge on any atom is 0.269 e. The molecule has 1 aromatic rings. The van der Waals surface area contributed by atoms with Gasteiger partial charge in [0, 0.05) is 19.9 Å². The van der Waals surface area contributed by atoms with Crippen molar-refractivity contribution in [2.75, 3.05) is 11.9 Å². The van der Waals surface area contributed by atoms with E-state index >= 15 is 0 Å². The molecule has 1 rings (SSSR count). The van der Waals surface area contributed by atoms with Gasteiger partial charge in [-0.2, -0.15) is 5.26 Å². The summed E-state index contributed by atoms with van der Waals surface area (Å²) in [5, 5.41) is 17.7. The predicted molar refractivity (Wildman–Crippen MR) is 59.6 cm³/mol. The Hall–Kier alpha value is -1.57. The fraction of sp³-hybridized carbons (Fsp3) is 0.429. The molecular weight excluding hydrogens is 266 g/mol. The Morgan fingerprint density at radius 3 is 2.82 bits per heavy atom. The normalized spacial score (nSPS) is 10.8. The van der Waals surface area contributed by atoms with Crippen LogP contribution in [0.15, 0.2) is 4.34 Å². The third-order valence-electron chi connectivity index (χ3n) is 1.45. The number of nitrogens with zero attached hydrogens (tertiary/aromatic N) is 3. The van der Waals surface area contributed by atoms with Crippen LogP contribution in [0.1, 0.15) is 13.3 Å². The highest BCUT2D eigenvalue weighted by atomic mass is 32.2. The third kappa shape index (κ3) is 4.06. The van der Waals surface area contributed by atoms with E-state index in [9.17, 15) is 13.2 Å². The fourth-order valence-corrected chi connectivity index (χ4v) is 2.84. The van der Waals surface area contributed by atoms with E-state index in [0.29, 0.717) is 0 Å². The Labute approximate surface area is 102 Å². The van der Waals surface area contributed by atoms with E-state index in [-0.39, 0.29) is 28.3 Å². The van der Waals surface area contributed by atoms with E-state index in [0.717, 1.165) is 11.3 Å². The Bertz CT molecular complexity index is 544. The van der Waals surface area contributed by atoms with Crippen molar-refractivity contribution in [2.24, 2.45) is 0 Å². The van der Waals surface area contributed by atoms with Crippen molar-refractivity contribution in [1.82, 2.24) is 14.9 Å². The molecule has 0 spiro atoms. The lowest BCUT2D eigenvalue weighted by Gasteiger charge is -1.98. The first-order chi connectivity index (χ1) is 7.95. The third-order valence-corrected chi connectivity index (χ3v) is 4.12. The topological polar surface area (TPSA) is 125 Å². The zero-order chi connectivity index (χ0) is 12.9. The summed E-state index contributed by atoms with van der Waals surface area (Å²) in [6, 6.07) is 1.81. The summed E-state index contributed by atoms with van der Waals surface area (Å²) in [4.78, 5) is 10.7.